The van der Waals surface area contributed by atoms with Crippen LogP contribution in [0.5, 0.6) is 0 Å². The summed E-state index contributed by atoms with van der Waals surface area (Å²) in [6.45, 7) is 1.44. The van der Waals surface area contributed by atoms with Crippen molar-refractivity contribution >= 4 is 26.4 Å². The summed E-state index contributed by atoms with van der Waals surface area (Å²) in [5.41, 5.74) is 0. The van der Waals surface area contributed by atoms with Crippen LogP contribution in [0.25, 0.3) is 0 Å². The maximum atomic E-state index is 13.6. The molecule has 0 amide bonds. The molecule has 1 atom stereocenters. The third kappa shape index (κ3) is 1.85. The van der Waals surface area contributed by atoms with E-state index in [0.717, 1.165) is 0 Å². The van der Waals surface area contributed by atoms with Gasteiger partial charge in [0, 0.05) is 35.4 Å². The summed E-state index contributed by atoms with van der Waals surface area (Å²) in [6.07, 6.45) is 0.563. The summed E-state index contributed by atoms with van der Waals surface area (Å²) in [5, 5.41) is 3.85. The first kappa shape index (κ1) is 11.9. The van der Waals surface area contributed by atoms with Gasteiger partial charge in [0.1, 0.15) is 11.9 Å². The second-order valence-electron chi connectivity index (χ2n) is 3.74. The third-order valence-electron chi connectivity index (χ3n) is 2.77. The predicted molar refractivity (Wildman–Crippen MR) is 61.0 cm³/mol. The molecule has 0 saturated heterocycles. The Morgan fingerprint density at radius 3 is 2.94 bits per heavy atom. The lowest BCUT2D eigenvalue weighted by atomic mass is 10.1. The van der Waals surface area contributed by atoms with Gasteiger partial charge in [-0.15, -0.1) is 5.10 Å². The van der Waals surface area contributed by atoms with Crippen LogP contribution in [-0.2, 0) is 6.42 Å². The monoisotopic (exact) mass is 341 g/mol. The number of hydrogen-bond acceptors (Lipinski definition) is 3. The van der Waals surface area contributed by atoms with E-state index in [1.165, 1.54) is 11.6 Å². The van der Waals surface area contributed by atoms with E-state index in [1.54, 1.807) is 22.6 Å². The summed E-state index contributed by atoms with van der Waals surface area (Å²) >= 11 is 1.55. The Morgan fingerprint density at radius 2 is 2.38 bits per heavy atom. The van der Waals surface area contributed by atoms with Crippen molar-refractivity contribution in [2.75, 3.05) is 0 Å². The second kappa shape index (κ2) is 4.01. The van der Waals surface area contributed by atoms with Gasteiger partial charge in [-0.25, -0.2) is 18.4 Å². The maximum absolute atomic E-state index is 13.6. The molecule has 1 aliphatic heterocycles. The first-order valence-corrected chi connectivity index (χ1v) is 6.06. The second-order valence-corrected chi connectivity index (χ2v) is 4.72. The van der Waals surface area contributed by atoms with Crippen molar-refractivity contribution in [3.05, 3.63) is 11.6 Å². The summed E-state index contributed by atoms with van der Waals surface area (Å²) in [5.74, 6) is -2.28. The van der Waals surface area contributed by atoms with Gasteiger partial charge in [0.25, 0.3) is 9.71 Å². The molecule has 88 valence electrons. The number of hydrogen-bond donors (Lipinski definition) is 0. The molecule has 2 rings (SSSR count). The molecule has 0 aromatic carbocycles. The van der Waals surface area contributed by atoms with Gasteiger partial charge in [-0.2, -0.15) is 0 Å². The average molecular weight is 341 g/mol. The molecule has 2 heterocycles. The number of alkyl halides is 2. The van der Waals surface area contributed by atoms with Crippen LogP contribution in [0.15, 0.2) is 0 Å². The molecule has 0 fully saturated rings. The van der Waals surface area contributed by atoms with Gasteiger partial charge in [0.15, 0.2) is 0 Å². The van der Waals surface area contributed by atoms with Crippen molar-refractivity contribution in [2.45, 2.75) is 38.2 Å². The molecular weight excluding hydrogens is 331 g/mol. The SMILES string of the molecule is CCC(F)(F)[C@H]1CCc2nc(C(=O)I)nn21. The Kier molecular flexibility index (Phi) is 2.97. The van der Waals surface area contributed by atoms with E-state index < -0.39 is 12.0 Å². The molecule has 4 nitrogen and oxygen atoms in total. The largest absolute Gasteiger partial charge is 0.279 e. The van der Waals surface area contributed by atoms with Crippen molar-refractivity contribution in [2.24, 2.45) is 0 Å². The molecular formula is C9H10F2IN3O. The van der Waals surface area contributed by atoms with E-state index in [0.29, 0.717) is 18.7 Å². The quantitative estimate of drug-likeness (QED) is 0.627. The highest BCUT2D eigenvalue weighted by molar-refractivity contribution is 14.1. The number of carbonyl (C=O) groups excluding carboxylic acids is 1. The normalized spacial score (nSPS) is 19.9. The Labute approximate surface area is 105 Å². The highest BCUT2D eigenvalue weighted by Gasteiger charge is 2.44. The molecule has 0 N–H and O–H groups in total. The summed E-state index contributed by atoms with van der Waals surface area (Å²) in [6, 6.07) is -0.954. The highest BCUT2D eigenvalue weighted by Crippen LogP contribution is 2.39. The molecule has 0 bridgehead atoms. The summed E-state index contributed by atoms with van der Waals surface area (Å²) in [7, 11) is 0. The van der Waals surface area contributed by atoms with E-state index in [1.807, 2.05) is 0 Å². The van der Waals surface area contributed by atoms with E-state index in [9.17, 15) is 13.6 Å². The van der Waals surface area contributed by atoms with Crippen LogP contribution in [0.3, 0.4) is 0 Å². The number of halogens is 3. The van der Waals surface area contributed by atoms with Gasteiger partial charge < -0.3 is 0 Å². The average Bonchev–Trinajstić information content (AvgIpc) is 2.75. The van der Waals surface area contributed by atoms with Crippen molar-refractivity contribution < 1.29 is 13.6 Å². The first-order valence-electron chi connectivity index (χ1n) is 4.98. The van der Waals surface area contributed by atoms with Crippen molar-refractivity contribution in [3.8, 4) is 0 Å². The molecule has 1 aromatic heterocycles. The molecule has 0 saturated carbocycles. The van der Waals surface area contributed by atoms with Crippen LogP contribution >= 0.6 is 22.6 Å². The molecule has 0 spiro atoms. The lowest BCUT2D eigenvalue weighted by Gasteiger charge is -2.21. The topological polar surface area (TPSA) is 47.8 Å². The Morgan fingerprint density at radius 1 is 1.69 bits per heavy atom. The number of carbonyl (C=O) groups is 1. The molecule has 0 radical (unpaired) electrons. The van der Waals surface area contributed by atoms with Crippen molar-refractivity contribution in [1.29, 1.82) is 0 Å². The van der Waals surface area contributed by atoms with Crippen LogP contribution in [0.1, 0.15) is 42.3 Å². The smallest absolute Gasteiger partial charge is 0.269 e. The van der Waals surface area contributed by atoms with E-state index in [-0.39, 0.29) is 16.0 Å². The van der Waals surface area contributed by atoms with Gasteiger partial charge in [0.2, 0.25) is 5.82 Å². The molecule has 0 unspecified atom stereocenters. The summed E-state index contributed by atoms with van der Waals surface area (Å²) < 4.78 is 28.0. The van der Waals surface area contributed by atoms with Gasteiger partial charge in [0.05, 0.1) is 0 Å². The first-order chi connectivity index (χ1) is 7.45. The van der Waals surface area contributed by atoms with Gasteiger partial charge in [-0.05, 0) is 6.42 Å². The third-order valence-corrected chi connectivity index (χ3v) is 3.26. The van der Waals surface area contributed by atoms with E-state index >= 15 is 0 Å². The fourth-order valence-corrected chi connectivity index (χ4v) is 2.10. The van der Waals surface area contributed by atoms with Gasteiger partial charge in [-0.3, -0.25) is 4.79 Å². The number of fused-ring (bicyclic) bond motifs is 1. The van der Waals surface area contributed by atoms with Crippen LogP contribution < -0.4 is 0 Å². The lowest BCUT2D eigenvalue weighted by Crippen LogP contribution is -2.28. The molecule has 1 aromatic rings. The van der Waals surface area contributed by atoms with Gasteiger partial charge >= 0.3 is 0 Å². The maximum Gasteiger partial charge on any atom is 0.269 e. The predicted octanol–water partition coefficient (Wildman–Crippen LogP) is 2.39. The minimum atomic E-state index is -2.79. The lowest BCUT2D eigenvalue weighted by molar-refractivity contribution is -0.0555. The molecule has 1 aliphatic rings. The Balaban J connectivity index is 2.35. The number of aromatic nitrogens is 3. The number of rotatable bonds is 3. The zero-order valence-electron chi connectivity index (χ0n) is 8.58. The highest BCUT2D eigenvalue weighted by atomic mass is 127. The number of nitrogens with zero attached hydrogens (tertiary/aromatic N) is 3. The molecule has 0 aliphatic carbocycles. The fraction of sp³-hybridized carbons (Fsp3) is 0.667. The van der Waals surface area contributed by atoms with E-state index in [2.05, 4.69) is 10.1 Å². The molecule has 7 heteroatoms. The van der Waals surface area contributed by atoms with Crippen molar-refractivity contribution in [3.63, 3.8) is 0 Å². The van der Waals surface area contributed by atoms with Crippen LogP contribution in [0, 0.1) is 0 Å². The Hall–Kier alpha value is -0.600. The summed E-state index contributed by atoms with van der Waals surface area (Å²) in [4.78, 5) is 15.0. The van der Waals surface area contributed by atoms with Crippen LogP contribution in [0.2, 0.25) is 0 Å². The van der Waals surface area contributed by atoms with E-state index in [4.69, 9.17) is 0 Å². The zero-order chi connectivity index (χ0) is 11.9. The Bertz CT molecular complexity index is 432. The van der Waals surface area contributed by atoms with Crippen molar-refractivity contribution in [1.82, 2.24) is 14.8 Å². The fourth-order valence-electron chi connectivity index (χ4n) is 1.87. The van der Waals surface area contributed by atoms with Crippen LogP contribution in [0.4, 0.5) is 8.78 Å². The standard InChI is InChI=1S/C9H10F2IN3O/c1-2-9(10,11)5-3-4-6-13-8(7(12)16)14-15(5)6/h5H,2-4H2,1H3/t5-/m1/s1. The molecule has 16 heavy (non-hydrogen) atoms. The zero-order valence-corrected chi connectivity index (χ0v) is 10.7. The van der Waals surface area contributed by atoms with Gasteiger partial charge in [-0.1, -0.05) is 6.92 Å². The number of aryl methyl sites for hydroxylation is 1. The minimum Gasteiger partial charge on any atom is -0.279 e. The minimum absolute atomic E-state index is 0.0206. The van der Waals surface area contributed by atoms with Crippen LogP contribution in [-0.4, -0.2) is 24.5 Å².